The summed E-state index contributed by atoms with van der Waals surface area (Å²) in [7, 11) is 1.23. The van der Waals surface area contributed by atoms with Gasteiger partial charge in [-0.1, -0.05) is 41.4 Å². The summed E-state index contributed by atoms with van der Waals surface area (Å²) in [5.74, 6) is -1.38. The van der Waals surface area contributed by atoms with Crippen molar-refractivity contribution >= 4 is 40.8 Å². The summed E-state index contributed by atoms with van der Waals surface area (Å²) in [5, 5.41) is 3.06. The van der Waals surface area contributed by atoms with Gasteiger partial charge in [-0.3, -0.25) is 14.7 Å². The van der Waals surface area contributed by atoms with Gasteiger partial charge in [0.1, 0.15) is 5.82 Å². The standard InChI is InChI=1S/C24H22Cl2FN3O3/c1-33-24(32)20-12-17(25)13-21(26)23(20)29-22(31)15-30(11-9-19-4-2-3-10-28-19)14-16-5-7-18(27)8-6-16/h2-8,10,12-13H,9,11,14-15H2,1H3,(H,29,31). The fraction of sp³-hybridized carbons (Fsp3) is 0.208. The van der Waals surface area contributed by atoms with Crippen LogP contribution in [0.2, 0.25) is 10.0 Å². The largest absolute Gasteiger partial charge is 0.465 e. The van der Waals surface area contributed by atoms with Crippen molar-refractivity contribution in [3.63, 3.8) is 0 Å². The minimum Gasteiger partial charge on any atom is -0.465 e. The molecule has 0 saturated heterocycles. The highest BCUT2D eigenvalue weighted by atomic mass is 35.5. The Morgan fingerprint density at radius 2 is 1.88 bits per heavy atom. The minimum absolute atomic E-state index is 0.00375. The van der Waals surface area contributed by atoms with Crippen molar-refractivity contribution in [3.05, 3.63) is 93.5 Å². The average Bonchev–Trinajstić information content (AvgIpc) is 2.80. The molecule has 1 amide bonds. The van der Waals surface area contributed by atoms with E-state index in [9.17, 15) is 14.0 Å². The van der Waals surface area contributed by atoms with E-state index in [0.717, 1.165) is 11.3 Å². The van der Waals surface area contributed by atoms with Crippen LogP contribution in [0.4, 0.5) is 10.1 Å². The van der Waals surface area contributed by atoms with Crippen LogP contribution in [0.5, 0.6) is 0 Å². The Hall–Kier alpha value is -3.00. The Bertz CT molecular complexity index is 1110. The molecule has 2 aromatic carbocycles. The summed E-state index contributed by atoms with van der Waals surface area (Å²) in [6.07, 6.45) is 2.33. The maximum Gasteiger partial charge on any atom is 0.340 e. The van der Waals surface area contributed by atoms with Crippen LogP contribution in [0.25, 0.3) is 0 Å². The molecule has 9 heteroatoms. The molecular weight excluding hydrogens is 468 g/mol. The Morgan fingerprint density at radius 1 is 1.12 bits per heavy atom. The SMILES string of the molecule is COC(=O)c1cc(Cl)cc(Cl)c1NC(=O)CN(CCc1ccccn1)Cc1ccc(F)cc1. The van der Waals surface area contributed by atoms with E-state index < -0.39 is 5.97 Å². The summed E-state index contributed by atoms with van der Waals surface area (Å²) in [4.78, 5) is 31.3. The van der Waals surface area contributed by atoms with Crippen molar-refractivity contribution in [3.8, 4) is 0 Å². The number of pyridine rings is 1. The molecule has 3 rings (SSSR count). The monoisotopic (exact) mass is 489 g/mol. The number of rotatable bonds is 9. The maximum atomic E-state index is 13.3. The van der Waals surface area contributed by atoms with E-state index in [0.29, 0.717) is 19.5 Å². The molecule has 0 unspecified atom stereocenters. The quantitative estimate of drug-likeness (QED) is 0.428. The fourth-order valence-electron chi connectivity index (χ4n) is 3.23. The third-order valence-corrected chi connectivity index (χ3v) is 5.34. The minimum atomic E-state index is -0.673. The van der Waals surface area contributed by atoms with Gasteiger partial charge in [0, 0.05) is 36.4 Å². The second kappa shape index (κ2) is 11.7. The summed E-state index contributed by atoms with van der Waals surface area (Å²) >= 11 is 12.2. The van der Waals surface area contributed by atoms with Crippen LogP contribution < -0.4 is 5.32 Å². The van der Waals surface area contributed by atoms with Crippen molar-refractivity contribution in [2.75, 3.05) is 25.5 Å². The first-order valence-electron chi connectivity index (χ1n) is 10.1. The van der Waals surface area contributed by atoms with E-state index in [2.05, 4.69) is 10.3 Å². The molecule has 0 spiro atoms. The van der Waals surface area contributed by atoms with Crippen molar-refractivity contribution < 1.29 is 18.7 Å². The summed E-state index contributed by atoms with van der Waals surface area (Å²) < 4.78 is 18.1. The fourth-order valence-corrected chi connectivity index (χ4v) is 3.77. The van der Waals surface area contributed by atoms with E-state index >= 15 is 0 Å². The van der Waals surface area contributed by atoms with Gasteiger partial charge in [0.15, 0.2) is 0 Å². The lowest BCUT2D eigenvalue weighted by Gasteiger charge is -2.22. The molecular formula is C24H22Cl2FN3O3. The number of anilines is 1. The van der Waals surface area contributed by atoms with Crippen LogP contribution in [0.3, 0.4) is 0 Å². The molecule has 3 aromatic rings. The highest BCUT2D eigenvalue weighted by Gasteiger charge is 2.20. The molecule has 1 aromatic heterocycles. The van der Waals surface area contributed by atoms with Crippen molar-refractivity contribution in [2.24, 2.45) is 0 Å². The van der Waals surface area contributed by atoms with Gasteiger partial charge >= 0.3 is 5.97 Å². The molecule has 0 aliphatic heterocycles. The Labute approximate surface area is 201 Å². The van der Waals surface area contributed by atoms with E-state index in [1.54, 1.807) is 18.3 Å². The first-order chi connectivity index (χ1) is 15.9. The van der Waals surface area contributed by atoms with Crippen molar-refractivity contribution in [1.82, 2.24) is 9.88 Å². The third-order valence-electron chi connectivity index (χ3n) is 4.82. The molecule has 172 valence electrons. The summed E-state index contributed by atoms with van der Waals surface area (Å²) in [6.45, 7) is 0.947. The number of benzene rings is 2. The van der Waals surface area contributed by atoms with Gasteiger partial charge in [0.25, 0.3) is 0 Å². The van der Waals surface area contributed by atoms with Gasteiger partial charge in [-0.2, -0.15) is 0 Å². The average molecular weight is 490 g/mol. The van der Waals surface area contributed by atoms with Gasteiger partial charge in [0.05, 0.1) is 29.9 Å². The molecule has 0 radical (unpaired) electrons. The number of methoxy groups -OCH3 is 1. The number of hydrogen-bond donors (Lipinski definition) is 1. The second-order valence-corrected chi connectivity index (χ2v) is 8.10. The van der Waals surface area contributed by atoms with Crippen LogP contribution in [0.15, 0.2) is 60.8 Å². The number of halogens is 3. The maximum absolute atomic E-state index is 13.3. The number of esters is 1. The van der Waals surface area contributed by atoms with Gasteiger partial charge in [-0.15, -0.1) is 0 Å². The molecule has 1 N–H and O–H groups in total. The number of hydrogen-bond acceptors (Lipinski definition) is 5. The first-order valence-corrected chi connectivity index (χ1v) is 10.8. The van der Waals surface area contributed by atoms with Crippen LogP contribution in [0, 0.1) is 5.82 Å². The lowest BCUT2D eigenvalue weighted by Crippen LogP contribution is -2.35. The van der Waals surface area contributed by atoms with E-state index in [1.807, 2.05) is 23.1 Å². The molecule has 0 aliphatic rings. The molecule has 0 bridgehead atoms. The zero-order valence-electron chi connectivity index (χ0n) is 17.9. The molecule has 0 saturated carbocycles. The van der Waals surface area contributed by atoms with Gasteiger partial charge in [0.2, 0.25) is 5.91 Å². The van der Waals surface area contributed by atoms with Gasteiger partial charge in [-0.25, -0.2) is 9.18 Å². The number of carbonyl (C=O) groups is 2. The number of ether oxygens (including phenoxy) is 1. The molecule has 33 heavy (non-hydrogen) atoms. The predicted molar refractivity (Wildman–Crippen MR) is 126 cm³/mol. The van der Waals surface area contributed by atoms with E-state index in [-0.39, 0.29) is 39.6 Å². The number of nitrogens with zero attached hydrogens (tertiary/aromatic N) is 2. The normalized spacial score (nSPS) is 10.8. The zero-order chi connectivity index (χ0) is 23.8. The van der Waals surface area contributed by atoms with Gasteiger partial charge < -0.3 is 10.1 Å². The Balaban J connectivity index is 1.76. The topological polar surface area (TPSA) is 71.5 Å². The Morgan fingerprint density at radius 3 is 2.55 bits per heavy atom. The van der Waals surface area contributed by atoms with Crippen molar-refractivity contribution in [2.45, 2.75) is 13.0 Å². The molecule has 0 aliphatic carbocycles. The van der Waals surface area contributed by atoms with Crippen LogP contribution >= 0.6 is 23.2 Å². The van der Waals surface area contributed by atoms with Crippen molar-refractivity contribution in [1.29, 1.82) is 0 Å². The molecule has 0 atom stereocenters. The van der Waals surface area contributed by atoms with Crippen LogP contribution in [0.1, 0.15) is 21.6 Å². The predicted octanol–water partition coefficient (Wildman–Crippen LogP) is 5.00. The van der Waals surface area contributed by atoms with E-state index in [1.165, 1.54) is 31.4 Å². The van der Waals surface area contributed by atoms with E-state index in [4.69, 9.17) is 27.9 Å². The smallest absolute Gasteiger partial charge is 0.340 e. The highest BCUT2D eigenvalue weighted by Crippen LogP contribution is 2.31. The number of aromatic nitrogens is 1. The summed E-state index contributed by atoms with van der Waals surface area (Å²) in [6, 6.07) is 14.6. The zero-order valence-corrected chi connectivity index (χ0v) is 19.4. The summed E-state index contributed by atoms with van der Waals surface area (Å²) in [5.41, 5.74) is 1.92. The molecule has 0 fully saturated rings. The van der Waals surface area contributed by atoms with Crippen LogP contribution in [-0.2, 0) is 22.5 Å². The molecule has 6 nitrogen and oxygen atoms in total. The second-order valence-electron chi connectivity index (χ2n) is 7.26. The van der Waals surface area contributed by atoms with Crippen LogP contribution in [-0.4, -0.2) is 42.0 Å². The molecule has 1 heterocycles. The highest BCUT2D eigenvalue weighted by molar-refractivity contribution is 6.37. The number of amides is 1. The third kappa shape index (κ3) is 7.25. The number of carbonyl (C=O) groups excluding carboxylic acids is 2. The lowest BCUT2D eigenvalue weighted by molar-refractivity contribution is -0.117. The first kappa shape index (κ1) is 24.6. The van der Waals surface area contributed by atoms with Gasteiger partial charge in [-0.05, 0) is 42.0 Å². The number of nitrogens with one attached hydrogen (secondary N) is 1. The Kier molecular flexibility index (Phi) is 8.77. The lowest BCUT2D eigenvalue weighted by atomic mass is 10.1.